The van der Waals surface area contributed by atoms with E-state index in [0.29, 0.717) is 18.4 Å². The molecule has 1 aromatic carbocycles. The predicted octanol–water partition coefficient (Wildman–Crippen LogP) is 2.14. The summed E-state index contributed by atoms with van der Waals surface area (Å²) < 4.78 is 18.3. The van der Waals surface area contributed by atoms with Gasteiger partial charge in [0.2, 0.25) is 5.91 Å². The van der Waals surface area contributed by atoms with E-state index in [0.717, 1.165) is 0 Å². The lowest BCUT2D eigenvalue weighted by Crippen LogP contribution is -2.52. The van der Waals surface area contributed by atoms with Gasteiger partial charge in [-0.2, -0.15) is 0 Å². The fraction of sp³-hybridized carbons (Fsp3) is 0.467. The molecule has 0 fully saturated rings. The Balaban J connectivity index is 2.77. The molecular weight excluding hydrogens is 277 g/mol. The van der Waals surface area contributed by atoms with Gasteiger partial charge >= 0.3 is 5.97 Å². The van der Waals surface area contributed by atoms with E-state index in [-0.39, 0.29) is 12.2 Å². The van der Waals surface area contributed by atoms with Crippen LogP contribution in [0, 0.1) is 5.82 Å². The Labute approximate surface area is 123 Å². The summed E-state index contributed by atoms with van der Waals surface area (Å²) in [7, 11) is 1.36. The molecule has 2 N–H and O–H groups in total. The van der Waals surface area contributed by atoms with Crippen molar-refractivity contribution in [3.8, 4) is 5.75 Å². The van der Waals surface area contributed by atoms with Crippen LogP contribution < -0.4 is 10.1 Å². The van der Waals surface area contributed by atoms with Crippen LogP contribution in [0.2, 0.25) is 0 Å². The third-order valence-electron chi connectivity index (χ3n) is 3.22. The number of rotatable bonds is 7. The molecule has 1 aromatic rings. The van der Waals surface area contributed by atoms with Gasteiger partial charge in [0.25, 0.3) is 0 Å². The van der Waals surface area contributed by atoms with Gasteiger partial charge in [0.05, 0.1) is 13.5 Å². The Bertz CT molecular complexity index is 532. The molecule has 0 radical (unpaired) electrons. The summed E-state index contributed by atoms with van der Waals surface area (Å²) in [6.45, 7) is 3.30. The maximum Gasteiger partial charge on any atom is 0.329 e. The van der Waals surface area contributed by atoms with Gasteiger partial charge in [-0.25, -0.2) is 9.18 Å². The predicted molar refractivity (Wildman–Crippen MR) is 75.7 cm³/mol. The molecule has 21 heavy (non-hydrogen) atoms. The largest absolute Gasteiger partial charge is 0.494 e. The number of carboxylic acids is 1. The monoisotopic (exact) mass is 297 g/mol. The minimum absolute atomic E-state index is 0.0898. The van der Waals surface area contributed by atoms with Crippen LogP contribution in [0.1, 0.15) is 32.3 Å². The summed E-state index contributed by atoms with van der Waals surface area (Å²) in [6.07, 6.45) is 0.860. The van der Waals surface area contributed by atoms with Gasteiger partial charge in [0.15, 0.2) is 11.6 Å². The Morgan fingerprint density at radius 1 is 1.43 bits per heavy atom. The summed E-state index contributed by atoms with van der Waals surface area (Å²) in [4.78, 5) is 23.2. The molecule has 1 rings (SSSR count). The second kappa shape index (κ2) is 7.06. The fourth-order valence-corrected chi connectivity index (χ4v) is 2.08. The molecule has 5 nitrogen and oxygen atoms in total. The highest BCUT2D eigenvalue weighted by Crippen LogP contribution is 2.18. The van der Waals surface area contributed by atoms with Crippen molar-refractivity contribution < 1.29 is 23.8 Å². The zero-order chi connectivity index (χ0) is 16.0. The van der Waals surface area contributed by atoms with E-state index < -0.39 is 23.2 Å². The summed E-state index contributed by atoms with van der Waals surface area (Å²) >= 11 is 0. The van der Waals surface area contributed by atoms with Crippen molar-refractivity contribution in [3.05, 3.63) is 29.6 Å². The molecule has 1 amide bonds. The molecule has 0 heterocycles. The molecule has 0 aliphatic rings. The van der Waals surface area contributed by atoms with E-state index in [4.69, 9.17) is 4.74 Å². The van der Waals surface area contributed by atoms with Gasteiger partial charge in [-0.15, -0.1) is 0 Å². The van der Waals surface area contributed by atoms with Crippen molar-refractivity contribution in [2.75, 3.05) is 7.11 Å². The summed E-state index contributed by atoms with van der Waals surface area (Å²) in [5.41, 5.74) is -0.855. The fourth-order valence-electron chi connectivity index (χ4n) is 2.08. The van der Waals surface area contributed by atoms with E-state index in [2.05, 4.69) is 5.32 Å². The number of methoxy groups -OCH3 is 1. The van der Waals surface area contributed by atoms with Crippen molar-refractivity contribution in [2.45, 2.75) is 38.6 Å². The summed E-state index contributed by atoms with van der Waals surface area (Å²) in [5.74, 6) is -2.01. The van der Waals surface area contributed by atoms with Crippen LogP contribution in [0.5, 0.6) is 5.75 Å². The summed E-state index contributed by atoms with van der Waals surface area (Å²) in [6, 6.07) is 4.20. The standard InChI is InChI=1S/C15H20FNO4/c1-4-7-15(2,14(19)20)17-13(18)9-10-5-6-12(21-3)11(16)8-10/h5-6,8H,4,7,9H2,1-3H3,(H,17,18)(H,19,20). The first kappa shape index (κ1) is 16.9. The molecule has 0 saturated heterocycles. The van der Waals surface area contributed by atoms with Crippen LogP contribution in [0.3, 0.4) is 0 Å². The topological polar surface area (TPSA) is 75.6 Å². The number of ether oxygens (including phenoxy) is 1. The van der Waals surface area contributed by atoms with Crippen molar-refractivity contribution >= 4 is 11.9 Å². The van der Waals surface area contributed by atoms with Gasteiger partial charge in [-0.05, 0) is 31.0 Å². The van der Waals surface area contributed by atoms with Gasteiger partial charge in [0.1, 0.15) is 5.54 Å². The third kappa shape index (κ3) is 4.44. The molecule has 0 spiro atoms. The molecule has 0 aliphatic heterocycles. The van der Waals surface area contributed by atoms with Crippen LogP contribution in [0.25, 0.3) is 0 Å². The van der Waals surface area contributed by atoms with Crippen molar-refractivity contribution in [3.63, 3.8) is 0 Å². The number of benzene rings is 1. The molecular formula is C15H20FNO4. The maximum absolute atomic E-state index is 13.5. The molecule has 6 heteroatoms. The molecule has 116 valence electrons. The van der Waals surface area contributed by atoms with Crippen LogP contribution in [-0.2, 0) is 16.0 Å². The molecule has 0 aromatic heterocycles. The third-order valence-corrected chi connectivity index (χ3v) is 3.22. The van der Waals surface area contributed by atoms with E-state index in [1.165, 1.54) is 26.2 Å². The molecule has 1 unspecified atom stereocenters. The number of nitrogens with one attached hydrogen (secondary N) is 1. The smallest absolute Gasteiger partial charge is 0.329 e. The number of carbonyl (C=O) groups is 2. The quantitative estimate of drug-likeness (QED) is 0.808. The van der Waals surface area contributed by atoms with Crippen molar-refractivity contribution in [1.82, 2.24) is 5.32 Å². The van der Waals surface area contributed by atoms with Gasteiger partial charge in [-0.1, -0.05) is 19.4 Å². The lowest BCUT2D eigenvalue weighted by atomic mass is 9.96. The highest BCUT2D eigenvalue weighted by molar-refractivity contribution is 5.87. The number of hydrogen-bond donors (Lipinski definition) is 2. The minimum Gasteiger partial charge on any atom is -0.494 e. The van der Waals surface area contributed by atoms with Gasteiger partial charge < -0.3 is 15.2 Å². The lowest BCUT2D eigenvalue weighted by molar-refractivity contribution is -0.147. The molecule has 1 atom stereocenters. The van der Waals surface area contributed by atoms with Gasteiger partial charge in [0, 0.05) is 0 Å². The van der Waals surface area contributed by atoms with E-state index in [1.54, 1.807) is 6.07 Å². The normalized spacial score (nSPS) is 13.3. The van der Waals surface area contributed by atoms with E-state index in [9.17, 15) is 19.1 Å². The van der Waals surface area contributed by atoms with Crippen molar-refractivity contribution in [2.24, 2.45) is 0 Å². The zero-order valence-corrected chi connectivity index (χ0v) is 12.4. The van der Waals surface area contributed by atoms with E-state index >= 15 is 0 Å². The molecule has 0 aliphatic carbocycles. The first-order valence-electron chi connectivity index (χ1n) is 6.69. The van der Waals surface area contributed by atoms with Crippen LogP contribution in [0.15, 0.2) is 18.2 Å². The average Bonchev–Trinajstić information content (AvgIpc) is 2.38. The maximum atomic E-state index is 13.5. The average molecular weight is 297 g/mol. The number of aliphatic carboxylic acids is 1. The van der Waals surface area contributed by atoms with Crippen LogP contribution >= 0.6 is 0 Å². The Morgan fingerprint density at radius 2 is 2.10 bits per heavy atom. The Morgan fingerprint density at radius 3 is 2.57 bits per heavy atom. The molecule has 0 saturated carbocycles. The number of carboxylic acid groups (broad SMARTS) is 1. The number of carbonyl (C=O) groups excluding carboxylic acids is 1. The number of amides is 1. The lowest BCUT2D eigenvalue weighted by Gasteiger charge is -2.25. The number of halogens is 1. The Kier molecular flexibility index (Phi) is 5.69. The molecule has 0 bridgehead atoms. The SMILES string of the molecule is CCCC(C)(NC(=O)Cc1ccc(OC)c(F)c1)C(=O)O. The first-order chi connectivity index (χ1) is 9.82. The minimum atomic E-state index is -1.31. The summed E-state index contributed by atoms with van der Waals surface area (Å²) in [5, 5.41) is 11.7. The van der Waals surface area contributed by atoms with E-state index in [1.807, 2.05) is 6.92 Å². The first-order valence-corrected chi connectivity index (χ1v) is 6.69. The van der Waals surface area contributed by atoms with Crippen molar-refractivity contribution in [1.29, 1.82) is 0 Å². The zero-order valence-electron chi connectivity index (χ0n) is 12.4. The highest BCUT2D eigenvalue weighted by atomic mass is 19.1. The van der Waals surface area contributed by atoms with Crippen LogP contribution in [-0.4, -0.2) is 29.6 Å². The second-order valence-corrected chi connectivity index (χ2v) is 5.08. The highest BCUT2D eigenvalue weighted by Gasteiger charge is 2.33. The van der Waals surface area contributed by atoms with Gasteiger partial charge in [-0.3, -0.25) is 4.79 Å². The number of hydrogen-bond acceptors (Lipinski definition) is 3. The van der Waals surface area contributed by atoms with Crippen LogP contribution in [0.4, 0.5) is 4.39 Å². The Hall–Kier alpha value is -2.11. The second-order valence-electron chi connectivity index (χ2n) is 5.08.